The summed E-state index contributed by atoms with van der Waals surface area (Å²) in [6, 6.07) is 0.838. The second kappa shape index (κ2) is 5.09. The van der Waals surface area contributed by atoms with Gasteiger partial charge in [0.2, 0.25) is 5.95 Å². The van der Waals surface area contributed by atoms with Crippen LogP contribution in [0, 0.1) is 5.92 Å². The van der Waals surface area contributed by atoms with Crippen LogP contribution in [0.25, 0.3) is 0 Å². The van der Waals surface area contributed by atoms with E-state index in [4.69, 9.17) is 4.74 Å². The van der Waals surface area contributed by atoms with Crippen molar-refractivity contribution in [3.8, 4) is 0 Å². The van der Waals surface area contributed by atoms with Crippen molar-refractivity contribution in [3.05, 3.63) is 18.0 Å². The minimum atomic E-state index is -4.45. The highest BCUT2D eigenvalue weighted by atomic mass is 19.4. The Kier molecular flexibility index (Phi) is 3.70. The molecular weight excluding hydrogens is 247 g/mol. The summed E-state index contributed by atoms with van der Waals surface area (Å²) in [6.07, 6.45) is -2.44. The third kappa shape index (κ3) is 3.10. The van der Waals surface area contributed by atoms with E-state index in [9.17, 15) is 13.2 Å². The molecule has 0 bridgehead atoms. The van der Waals surface area contributed by atoms with Gasteiger partial charge in [-0.25, -0.2) is 9.97 Å². The number of nitrogens with zero attached hydrogens (tertiary/aromatic N) is 2. The highest BCUT2D eigenvalue weighted by Crippen LogP contribution is 2.28. The molecular formula is C11H14F3N3O. The Bertz CT molecular complexity index is 405. The van der Waals surface area contributed by atoms with E-state index in [1.807, 2.05) is 6.92 Å². The molecule has 1 aromatic rings. The molecule has 1 N–H and O–H groups in total. The van der Waals surface area contributed by atoms with Gasteiger partial charge in [-0.2, -0.15) is 13.2 Å². The van der Waals surface area contributed by atoms with E-state index >= 15 is 0 Å². The van der Waals surface area contributed by atoms with E-state index in [0.29, 0.717) is 13.2 Å². The summed E-state index contributed by atoms with van der Waals surface area (Å²) in [4.78, 5) is 7.27. The first-order valence-electron chi connectivity index (χ1n) is 5.71. The topological polar surface area (TPSA) is 47.0 Å². The Balaban J connectivity index is 2.04. The average Bonchev–Trinajstić information content (AvgIpc) is 2.81. The molecule has 0 radical (unpaired) electrons. The summed E-state index contributed by atoms with van der Waals surface area (Å²) in [5.41, 5.74) is -0.935. The molecule has 1 aromatic heterocycles. The molecule has 4 nitrogen and oxygen atoms in total. The van der Waals surface area contributed by atoms with Gasteiger partial charge in [0.1, 0.15) is 5.69 Å². The number of anilines is 1. The number of halogens is 3. The highest BCUT2D eigenvalue weighted by molar-refractivity contribution is 5.27. The number of alkyl halides is 3. The van der Waals surface area contributed by atoms with Gasteiger partial charge in [0.15, 0.2) is 0 Å². The Hall–Kier alpha value is -1.37. The Morgan fingerprint density at radius 2 is 2.28 bits per heavy atom. The summed E-state index contributed by atoms with van der Waals surface area (Å²) < 4.78 is 42.6. The van der Waals surface area contributed by atoms with Crippen LogP contribution in [-0.4, -0.2) is 29.2 Å². The number of hydrogen-bond donors (Lipinski definition) is 1. The third-order valence-corrected chi connectivity index (χ3v) is 2.97. The molecule has 2 unspecified atom stereocenters. The summed E-state index contributed by atoms with van der Waals surface area (Å²) in [5.74, 6) is 0.285. The molecule has 1 fully saturated rings. The largest absolute Gasteiger partial charge is 0.433 e. The van der Waals surface area contributed by atoms with Gasteiger partial charge < -0.3 is 10.1 Å². The van der Waals surface area contributed by atoms with Crippen LogP contribution >= 0.6 is 0 Å². The van der Waals surface area contributed by atoms with E-state index in [2.05, 4.69) is 15.3 Å². The van der Waals surface area contributed by atoms with E-state index < -0.39 is 11.9 Å². The number of ether oxygens (including phenoxy) is 1. The lowest BCUT2D eigenvalue weighted by atomic mass is 10.0. The van der Waals surface area contributed by atoms with Crippen molar-refractivity contribution >= 4 is 5.95 Å². The first kappa shape index (κ1) is 13.1. The van der Waals surface area contributed by atoms with Crippen molar-refractivity contribution in [1.82, 2.24) is 9.97 Å². The SMILES string of the molecule is CC(Nc1nccc(C(F)(F)F)n1)C1CCOC1. The van der Waals surface area contributed by atoms with Crippen molar-refractivity contribution in [2.24, 2.45) is 5.92 Å². The maximum absolute atomic E-state index is 12.5. The Labute approximate surface area is 103 Å². The highest BCUT2D eigenvalue weighted by Gasteiger charge is 2.33. The molecule has 18 heavy (non-hydrogen) atoms. The normalized spacial score (nSPS) is 21.9. The van der Waals surface area contributed by atoms with Gasteiger partial charge in [0, 0.05) is 24.8 Å². The van der Waals surface area contributed by atoms with Crippen LogP contribution in [0.5, 0.6) is 0 Å². The first-order valence-corrected chi connectivity index (χ1v) is 5.71. The molecule has 100 valence electrons. The quantitative estimate of drug-likeness (QED) is 0.907. The van der Waals surface area contributed by atoms with Gasteiger partial charge in [0.05, 0.1) is 6.61 Å². The fourth-order valence-electron chi connectivity index (χ4n) is 1.85. The van der Waals surface area contributed by atoms with Crippen LogP contribution in [0.15, 0.2) is 12.3 Å². The molecule has 0 aliphatic carbocycles. The van der Waals surface area contributed by atoms with Crippen LogP contribution in [0.3, 0.4) is 0 Å². The van der Waals surface area contributed by atoms with Gasteiger partial charge in [-0.1, -0.05) is 0 Å². The molecule has 1 aliphatic heterocycles. The predicted molar refractivity (Wildman–Crippen MR) is 59.0 cm³/mol. The maximum Gasteiger partial charge on any atom is 0.433 e. The van der Waals surface area contributed by atoms with Gasteiger partial charge >= 0.3 is 6.18 Å². The van der Waals surface area contributed by atoms with Gasteiger partial charge in [0.25, 0.3) is 0 Å². The molecule has 1 aliphatic rings. The molecule has 1 saturated heterocycles. The number of aromatic nitrogens is 2. The van der Waals surface area contributed by atoms with Crippen LogP contribution in [0.2, 0.25) is 0 Å². The predicted octanol–water partition coefficient (Wildman–Crippen LogP) is 2.33. The summed E-state index contributed by atoms with van der Waals surface area (Å²) in [7, 11) is 0. The minimum absolute atomic E-state index is 0.00391. The minimum Gasteiger partial charge on any atom is -0.381 e. The molecule has 0 aromatic carbocycles. The lowest BCUT2D eigenvalue weighted by molar-refractivity contribution is -0.141. The van der Waals surface area contributed by atoms with E-state index in [0.717, 1.165) is 18.7 Å². The number of rotatable bonds is 3. The summed E-state index contributed by atoms with van der Waals surface area (Å²) >= 11 is 0. The second-order valence-corrected chi connectivity index (χ2v) is 4.32. The lowest BCUT2D eigenvalue weighted by Gasteiger charge is -2.19. The average molecular weight is 261 g/mol. The van der Waals surface area contributed by atoms with Crippen molar-refractivity contribution in [3.63, 3.8) is 0 Å². The van der Waals surface area contributed by atoms with Crippen molar-refractivity contribution in [2.45, 2.75) is 25.6 Å². The fraction of sp³-hybridized carbons (Fsp3) is 0.636. The lowest BCUT2D eigenvalue weighted by Crippen LogP contribution is -2.27. The Morgan fingerprint density at radius 1 is 1.50 bits per heavy atom. The molecule has 2 heterocycles. The standard InChI is InChI=1S/C11H14F3N3O/c1-7(8-3-5-18-6-8)16-10-15-4-2-9(17-10)11(12,13)14/h2,4,7-8H,3,5-6H2,1H3,(H,15,16,17). The zero-order chi connectivity index (χ0) is 13.2. The van der Waals surface area contributed by atoms with Crippen LogP contribution in [0.1, 0.15) is 19.0 Å². The van der Waals surface area contributed by atoms with Crippen LogP contribution < -0.4 is 5.32 Å². The van der Waals surface area contributed by atoms with Crippen molar-refractivity contribution < 1.29 is 17.9 Å². The summed E-state index contributed by atoms with van der Waals surface area (Å²) in [6.45, 7) is 3.20. The van der Waals surface area contributed by atoms with E-state index in [-0.39, 0.29) is 17.9 Å². The molecule has 2 atom stereocenters. The van der Waals surface area contributed by atoms with Crippen LogP contribution in [0.4, 0.5) is 19.1 Å². The monoisotopic (exact) mass is 261 g/mol. The zero-order valence-corrected chi connectivity index (χ0v) is 9.87. The van der Waals surface area contributed by atoms with Gasteiger partial charge in [-0.3, -0.25) is 0 Å². The van der Waals surface area contributed by atoms with Gasteiger partial charge in [-0.05, 0) is 19.4 Å². The van der Waals surface area contributed by atoms with Crippen molar-refractivity contribution in [2.75, 3.05) is 18.5 Å². The van der Waals surface area contributed by atoms with E-state index in [1.165, 1.54) is 0 Å². The van der Waals surface area contributed by atoms with Crippen molar-refractivity contribution in [1.29, 1.82) is 0 Å². The maximum atomic E-state index is 12.5. The molecule has 0 saturated carbocycles. The fourth-order valence-corrected chi connectivity index (χ4v) is 1.85. The molecule has 7 heteroatoms. The smallest absolute Gasteiger partial charge is 0.381 e. The zero-order valence-electron chi connectivity index (χ0n) is 9.87. The third-order valence-electron chi connectivity index (χ3n) is 2.97. The Morgan fingerprint density at radius 3 is 2.89 bits per heavy atom. The first-order chi connectivity index (χ1) is 8.47. The van der Waals surface area contributed by atoms with Gasteiger partial charge in [-0.15, -0.1) is 0 Å². The summed E-state index contributed by atoms with van der Waals surface area (Å²) in [5, 5.41) is 2.89. The molecule has 0 spiro atoms. The molecule has 2 rings (SSSR count). The molecule has 0 amide bonds. The van der Waals surface area contributed by atoms with E-state index in [1.54, 1.807) is 0 Å². The van der Waals surface area contributed by atoms with Crippen LogP contribution in [-0.2, 0) is 10.9 Å². The number of hydrogen-bond acceptors (Lipinski definition) is 4. The second-order valence-electron chi connectivity index (χ2n) is 4.32. The number of nitrogens with one attached hydrogen (secondary N) is 1.